The Balaban J connectivity index is 1.76. The molecule has 2 heterocycles. The van der Waals surface area contributed by atoms with Crippen LogP contribution in [0.25, 0.3) is 0 Å². The van der Waals surface area contributed by atoms with Crippen molar-refractivity contribution in [2.45, 2.75) is 32.6 Å². The highest BCUT2D eigenvalue weighted by Gasteiger charge is 2.20. The van der Waals surface area contributed by atoms with E-state index in [1.165, 1.54) is 0 Å². The molecule has 3 rings (SSSR count). The zero-order chi connectivity index (χ0) is 19.4. The van der Waals surface area contributed by atoms with E-state index in [1.54, 1.807) is 4.68 Å². The van der Waals surface area contributed by atoms with Crippen molar-refractivity contribution in [2.24, 2.45) is 12.8 Å². The van der Waals surface area contributed by atoms with Crippen LogP contribution in [-0.2, 0) is 32.7 Å². The van der Waals surface area contributed by atoms with E-state index in [2.05, 4.69) is 16.1 Å². The number of hydrogen-bond acceptors (Lipinski definition) is 3. The minimum Gasteiger partial charge on any atom is -0.365 e. The normalized spacial score (nSPS) is 10.9. The van der Waals surface area contributed by atoms with Crippen LogP contribution in [0, 0.1) is 6.92 Å². The van der Waals surface area contributed by atoms with Crippen molar-refractivity contribution >= 4 is 17.5 Å². The number of carbonyl (C=O) groups is 1. The third kappa shape index (κ3) is 4.74. The minimum absolute atomic E-state index is 0.425. The van der Waals surface area contributed by atoms with Gasteiger partial charge in [0.15, 0.2) is 0 Å². The molecule has 2 aromatic heterocycles. The first kappa shape index (κ1) is 19.1. The first-order valence-electron chi connectivity index (χ1n) is 8.94. The Hall–Kier alpha value is -2.66. The quantitative estimate of drug-likeness (QED) is 0.680. The Morgan fingerprint density at radius 1 is 1.04 bits per heavy atom. The molecule has 0 fully saturated rings. The summed E-state index contributed by atoms with van der Waals surface area (Å²) in [6.07, 6.45) is 4.77. The van der Waals surface area contributed by atoms with Gasteiger partial charge in [-0.3, -0.25) is 14.5 Å². The smallest absolute Gasteiger partial charge is 0.252 e. The molecule has 1 aromatic carbocycles. The molecule has 3 aromatic rings. The summed E-state index contributed by atoms with van der Waals surface area (Å²) in [6, 6.07) is 11.8. The molecule has 6 heteroatoms. The summed E-state index contributed by atoms with van der Waals surface area (Å²) >= 11 is 5.93. The molecule has 0 aliphatic heterocycles. The highest BCUT2D eigenvalue weighted by atomic mass is 35.5. The van der Waals surface area contributed by atoms with Gasteiger partial charge < -0.3 is 5.73 Å². The fourth-order valence-corrected chi connectivity index (χ4v) is 3.31. The van der Waals surface area contributed by atoms with E-state index < -0.39 is 5.91 Å². The molecule has 0 unspecified atom stereocenters. The highest BCUT2D eigenvalue weighted by Crippen LogP contribution is 2.19. The number of halogens is 1. The topological polar surface area (TPSA) is 73.8 Å². The van der Waals surface area contributed by atoms with Gasteiger partial charge in [-0.05, 0) is 61.9 Å². The largest absolute Gasteiger partial charge is 0.365 e. The number of benzene rings is 1. The lowest BCUT2D eigenvalue weighted by atomic mass is 10.0. The van der Waals surface area contributed by atoms with Crippen LogP contribution in [0.1, 0.15) is 38.6 Å². The van der Waals surface area contributed by atoms with Crippen LogP contribution < -0.4 is 5.73 Å². The van der Waals surface area contributed by atoms with E-state index in [0.717, 1.165) is 41.1 Å². The van der Waals surface area contributed by atoms with Gasteiger partial charge >= 0.3 is 0 Å². The second kappa shape index (κ2) is 8.35. The molecule has 0 radical (unpaired) electrons. The van der Waals surface area contributed by atoms with E-state index in [9.17, 15) is 4.79 Å². The van der Waals surface area contributed by atoms with Crippen LogP contribution in [0.3, 0.4) is 0 Å². The molecule has 2 N–H and O–H groups in total. The number of pyridine rings is 1. The monoisotopic (exact) mass is 382 g/mol. The summed E-state index contributed by atoms with van der Waals surface area (Å²) in [7, 11) is 1.86. The zero-order valence-corrected chi connectivity index (χ0v) is 16.3. The molecule has 0 spiro atoms. The Morgan fingerprint density at radius 3 is 2.33 bits per heavy atom. The molecule has 0 atom stereocenters. The van der Waals surface area contributed by atoms with Crippen molar-refractivity contribution in [3.05, 3.63) is 81.4 Å². The molecule has 1 amide bonds. The third-order valence-corrected chi connectivity index (χ3v) is 4.92. The predicted molar refractivity (Wildman–Crippen MR) is 107 cm³/mol. The van der Waals surface area contributed by atoms with E-state index >= 15 is 0 Å². The maximum Gasteiger partial charge on any atom is 0.252 e. The summed E-state index contributed by atoms with van der Waals surface area (Å²) in [5.74, 6) is -0.425. The van der Waals surface area contributed by atoms with Crippen molar-refractivity contribution < 1.29 is 4.79 Å². The van der Waals surface area contributed by atoms with Crippen molar-refractivity contribution in [1.82, 2.24) is 14.8 Å². The van der Waals surface area contributed by atoms with Crippen LogP contribution in [-0.4, -0.2) is 20.7 Å². The van der Waals surface area contributed by atoms with Crippen LogP contribution in [0.5, 0.6) is 0 Å². The maximum atomic E-state index is 12.1. The fourth-order valence-electron chi connectivity index (χ4n) is 3.19. The summed E-state index contributed by atoms with van der Waals surface area (Å²) in [6.45, 7) is 1.96. The number of amides is 1. The van der Waals surface area contributed by atoms with Crippen LogP contribution in [0.4, 0.5) is 0 Å². The van der Waals surface area contributed by atoms with Crippen molar-refractivity contribution in [1.29, 1.82) is 0 Å². The van der Waals surface area contributed by atoms with E-state index in [0.29, 0.717) is 23.4 Å². The SMILES string of the molecule is Cc1ccc(CCc2c(C(N)=O)c(CCc3ccc(Cl)cc3)nn2C)cn1. The standard InChI is InChI=1S/C21H23ClN4O/c1-14-3-4-16(13-24-14)8-12-19-20(21(23)27)18(25-26(19)2)11-7-15-5-9-17(22)10-6-15/h3-6,9-10,13H,7-8,11-12H2,1-2H3,(H2,23,27). The van der Waals surface area contributed by atoms with Crippen LogP contribution in [0.2, 0.25) is 5.02 Å². The second-order valence-electron chi connectivity index (χ2n) is 6.69. The van der Waals surface area contributed by atoms with Crippen LogP contribution in [0.15, 0.2) is 42.6 Å². The molecule has 0 aliphatic rings. The van der Waals surface area contributed by atoms with Gasteiger partial charge in [-0.1, -0.05) is 29.8 Å². The van der Waals surface area contributed by atoms with E-state index in [-0.39, 0.29) is 0 Å². The van der Waals surface area contributed by atoms with E-state index in [4.69, 9.17) is 17.3 Å². The molecular formula is C21H23ClN4O. The lowest BCUT2D eigenvalue weighted by Crippen LogP contribution is -2.16. The Morgan fingerprint density at radius 2 is 1.70 bits per heavy atom. The Kier molecular flexibility index (Phi) is 5.91. The number of aryl methyl sites for hydroxylation is 5. The number of nitrogens with zero attached hydrogens (tertiary/aromatic N) is 3. The Labute approximate surface area is 164 Å². The fraction of sp³-hybridized carbons (Fsp3) is 0.286. The number of hydrogen-bond donors (Lipinski definition) is 1. The van der Waals surface area contributed by atoms with Crippen LogP contribution >= 0.6 is 11.6 Å². The third-order valence-electron chi connectivity index (χ3n) is 4.67. The van der Waals surface area contributed by atoms with Gasteiger partial charge in [0, 0.05) is 24.0 Å². The van der Waals surface area contributed by atoms with Gasteiger partial charge in [-0.25, -0.2) is 0 Å². The first-order chi connectivity index (χ1) is 12.9. The molecule has 27 heavy (non-hydrogen) atoms. The van der Waals surface area contributed by atoms with Crippen molar-refractivity contribution in [2.75, 3.05) is 0 Å². The number of aromatic nitrogens is 3. The predicted octanol–water partition coefficient (Wildman–Crippen LogP) is 3.45. The van der Waals surface area contributed by atoms with Gasteiger partial charge in [0.25, 0.3) is 5.91 Å². The van der Waals surface area contributed by atoms with E-state index in [1.807, 2.05) is 50.5 Å². The zero-order valence-electron chi connectivity index (χ0n) is 15.6. The average molecular weight is 383 g/mol. The summed E-state index contributed by atoms with van der Waals surface area (Å²) in [4.78, 5) is 16.4. The van der Waals surface area contributed by atoms with Gasteiger partial charge in [-0.15, -0.1) is 0 Å². The molecule has 0 saturated heterocycles. The number of rotatable bonds is 7. The summed E-state index contributed by atoms with van der Waals surface area (Å²) in [5, 5.41) is 5.28. The number of carbonyl (C=O) groups excluding carboxylic acids is 1. The molecule has 140 valence electrons. The Bertz CT molecular complexity index is 930. The summed E-state index contributed by atoms with van der Waals surface area (Å²) < 4.78 is 1.78. The number of nitrogens with two attached hydrogens (primary N) is 1. The minimum atomic E-state index is -0.425. The first-order valence-corrected chi connectivity index (χ1v) is 9.32. The van der Waals surface area contributed by atoms with Gasteiger partial charge in [0.1, 0.15) is 0 Å². The highest BCUT2D eigenvalue weighted by molar-refractivity contribution is 6.30. The van der Waals surface area contributed by atoms with Crippen molar-refractivity contribution in [3.8, 4) is 0 Å². The second-order valence-corrected chi connectivity index (χ2v) is 7.13. The van der Waals surface area contributed by atoms with Gasteiger partial charge in [0.05, 0.1) is 17.0 Å². The molecule has 0 saturated carbocycles. The molecular weight excluding hydrogens is 360 g/mol. The lowest BCUT2D eigenvalue weighted by molar-refractivity contribution is 0.0998. The maximum absolute atomic E-state index is 12.1. The summed E-state index contributed by atoms with van der Waals surface area (Å²) in [5.41, 5.74) is 11.1. The molecule has 0 bridgehead atoms. The van der Waals surface area contributed by atoms with Gasteiger partial charge in [0.2, 0.25) is 0 Å². The lowest BCUT2D eigenvalue weighted by Gasteiger charge is -2.06. The van der Waals surface area contributed by atoms with Gasteiger partial charge in [-0.2, -0.15) is 5.10 Å². The number of primary amides is 1. The van der Waals surface area contributed by atoms with Crippen molar-refractivity contribution in [3.63, 3.8) is 0 Å². The molecule has 0 aliphatic carbocycles. The average Bonchev–Trinajstić information content (AvgIpc) is 2.96. The molecule has 5 nitrogen and oxygen atoms in total.